The Morgan fingerprint density at radius 3 is 2.22 bits per heavy atom. The molecule has 4 heteroatoms. The molecule has 1 aliphatic rings. The summed E-state index contributed by atoms with van der Waals surface area (Å²) >= 11 is 0. The maximum absolute atomic E-state index is 9.89. The molecule has 0 aromatic heterocycles. The molecule has 1 saturated heterocycles. The van der Waals surface area contributed by atoms with E-state index in [9.17, 15) is 5.11 Å². The number of phenolic OH excluding ortho intramolecular Hbond substituents is 1. The minimum atomic E-state index is -1.16. The van der Waals surface area contributed by atoms with E-state index in [1.165, 1.54) is 17.7 Å². The summed E-state index contributed by atoms with van der Waals surface area (Å²) in [6.45, 7) is 0. The first-order valence-electron chi connectivity index (χ1n) is 5.90. The lowest BCUT2D eigenvalue weighted by molar-refractivity contribution is 0.481. The van der Waals surface area contributed by atoms with E-state index in [2.05, 4.69) is 6.07 Å². The molecule has 0 radical (unpaired) electrons. The van der Waals surface area contributed by atoms with Gasteiger partial charge in [-0.3, -0.25) is 0 Å². The zero-order valence-electron chi connectivity index (χ0n) is 10.0. The number of aromatic hydroxyl groups is 1. The molecule has 1 fully saturated rings. The molecule has 1 aliphatic heterocycles. The van der Waals surface area contributed by atoms with E-state index in [1.807, 2.05) is 24.3 Å². The minimum absolute atomic E-state index is 0. The standard InChI is InChI=1S/C14H15ClOS.H2O/c15-17(9-3-4-10-17)14-8-7-13(16)11-5-1-2-6-12(11)14;/h1-2,5-8,16H,3-4,9-10H2;1H2. The van der Waals surface area contributed by atoms with Crippen LogP contribution < -0.4 is 0 Å². The molecule has 2 aromatic rings. The average Bonchev–Trinajstić information content (AvgIpc) is 2.78. The van der Waals surface area contributed by atoms with Gasteiger partial charge < -0.3 is 10.6 Å². The first kappa shape index (κ1) is 13.5. The maximum atomic E-state index is 9.89. The van der Waals surface area contributed by atoms with Crippen LogP contribution in [-0.2, 0) is 0 Å². The van der Waals surface area contributed by atoms with Crippen LogP contribution in [0, 0.1) is 0 Å². The van der Waals surface area contributed by atoms with Crippen LogP contribution in [0.3, 0.4) is 0 Å². The van der Waals surface area contributed by atoms with Crippen molar-refractivity contribution in [2.45, 2.75) is 17.7 Å². The number of halogens is 1. The van der Waals surface area contributed by atoms with Crippen LogP contribution in [0.4, 0.5) is 0 Å². The third kappa shape index (κ3) is 2.07. The van der Waals surface area contributed by atoms with Gasteiger partial charge in [0, 0.05) is 10.3 Å². The highest BCUT2D eigenvalue weighted by molar-refractivity contribution is 8.51. The van der Waals surface area contributed by atoms with Gasteiger partial charge in [-0.25, -0.2) is 0 Å². The quantitative estimate of drug-likeness (QED) is 0.850. The Bertz CT molecular complexity index is 565. The van der Waals surface area contributed by atoms with Gasteiger partial charge in [0.25, 0.3) is 0 Å². The fraction of sp³-hybridized carbons (Fsp3) is 0.286. The minimum Gasteiger partial charge on any atom is -0.507 e. The van der Waals surface area contributed by atoms with E-state index >= 15 is 0 Å². The largest absolute Gasteiger partial charge is 0.507 e. The molecule has 3 N–H and O–H groups in total. The van der Waals surface area contributed by atoms with Crippen molar-refractivity contribution in [2.24, 2.45) is 0 Å². The lowest BCUT2D eigenvalue weighted by Gasteiger charge is -2.29. The molecular weight excluding hydrogens is 268 g/mol. The second-order valence-corrected chi connectivity index (χ2v) is 9.14. The van der Waals surface area contributed by atoms with Gasteiger partial charge in [-0.1, -0.05) is 34.9 Å². The Kier molecular flexibility index (Phi) is 3.76. The van der Waals surface area contributed by atoms with Crippen LogP contribution in [0.1, 0.15) is 12.8 Å². The summed E-state index contributed by atoms with van der Waals surface area (Å²) in [7, 11) is 5.66. The van der Waals surface area contributed by atoms with Gasteiger partial charge in [0.2, 0.25) is 0 Å². The highest BCUT2D eigenvalue weighted by Gasteiger charge is 2.29. The first-order chi connectivity index (χ1) is 8.21. The predicted molar refractivity (Wildman–Crippen MR) is 79.9 cm³/mol. The van der Waals surface area contributed by atoms with Crippen molar-refractivity contribution in [3.05, 3.63) is 36.4 Å². The van der Waals surface area contributed by atoms with Gasteiger partial charge in [0.15, 0.2) is 0 Å². The van der Waals surface area contributed by atoms with Crippen molar-refractivity contribution in [1.29, 1.82) is 0 Å². The van der Waals surface area contributed by atoms with E-state index in [1.54, 1.807) is 6.07 Å². The number of hydrogen-bond donors (Lipinski definition) is 1. The fourth-order valence-corrected chi connectivity index (χ4v) is 6.47. The van der Waals surface area contributed by atoms with Crippen LogP contribution >= 0.6 is 19.9 Å². The molecule has 1 heterocycles. The summed E-state index contributed by atoms with van der Waals surface area (Å²) in [6.07, 6.45) is 2.46. The molecule has 0 aliphatic carbocycles. The molecular formula is C14H17ClO2S. The van der Waals surface area contributed by atoms with Crippen molar-refractivity contribution >= 4 is 30.7 Å². The topological polar surface area (TPSA) is 51.7 Å². The van der Waals surface area contributed by atoms with Gasteiger partial charge in [0.1, 0.15) is 5.75 Å². The summed E-state index contributed by atoms with van der Waals surface area (Å²) in [5.41, 5.74) is 0. The molecule has 0 amide bonds. The number of phenols is 1. The van der Waals surface area contributed by atoms with E-state index in [4.69, 9.17) is 10.7 Å². The lowest BCUT2D eigenvalue weighted by atomic mass is 10.1. The smallest absolute Gasteiger partial charge is 0.123 e. The molecule has 0 saturated carbocycles. The SMILES string of the molecule is O.Oc1ccc(S2(Cl)CCCC2)c2ccccc12. The molecule has 18 heavy (non-hydrogen) atoms. The lowest BCUT2D eigenvalue weighted by Crippen LogP contribution is -1.95. The Morgan fingerprint density at radius 2 is 1.56 bits per heavy atom. The molecule has 0 bridgehead atoms. The van der Waals surface area contributed by atoms with Crippen molar-refractivity contribution in [1.82, 2.24) is 0 Å². The fourth-order valence-electron chi connectivity index (χ4n) is 2.56. The van der Waals surface area contributed by atoms with Gasteiger partial charge in [-0.05, 0) is 41.9 Å². The molecule has 3 rings (SSSR count). The highest BCUT2D eigenvalue weighted by atomic mass is 35.7. The zero-order chi connectivity index (χ0) is 11.9. The second kappa shape index (κ2) is 5.00. The van der Waals surface area contributed by atoms with Crippen molar-refractivity contribution in [3.63, 3.8) is 0 Å². The molecule has 2 aromatic carbocycles. The van der Waals surface area contributed by atoms with E-state index in [-0.39, 0.29) is 5.48 Å². The number of hydrogen-bond acceptors (Lipinski definition) is 1. The Morgan fingerprint density at radius 1 is 0.944 bits per heavy atom. The van der Waals surface area contributed by atoms with Crippen LogP contribution in [-0.4, -0.2) is 22.1 Å². The van der Waals surface area contributed by atoms with Gasteiger partial charge in [-0.2, -0.15) is 0 Å². The van der Waals surface area contributed by atoms with Crippen LogP contribution in [0.15, 0.2) is 41.3 Å². The van der Waals surface area contributed by atoms with E-state index < -0.39 is 9.24 Å². The third-order valence-electron chi connectivity index (χ3n) is 3.44. The molecule has 0 atom stereocenters. The molecule has 0 unspecified atom stereocenters. The number of benzene rings is 2. The van der Waals surface area contributed by atoms with Crippen LogP contribution in [0.2, 0.25) is 0 Å². The number of rotatable bonds is 1. The first-order valence-corrected chi connectivity index (χ1v) is 8.69. The Hall–Kier alpha value is -0.900. The van der Waals surface area contributed by atoms with Gasteiger partial charge in [0.05, 0.1) is 0 Å². The van der Waals surface area contributed by atoms with Crippen molar-refractivity contribution < 1.29 is 10.6 Å². The predicted octanol–water partition coefficient (Wildman–Crippen LogP) is 3.83. The monoisotopic (exact) mass is 284 g/mol. The van der Waals surface area contributed by atoms with Crippen molar-refractivity contribution in [2.75, 3.05) is 11.5 Å². The summed E-state index contributed by atoms with van der Waals surface area (Å²) < 4.78 is 0. The zero-order valence-corrected chi connectivity index (χ0v) is 11.6. The van der Waals surface area contributed by atoms with Gasteiger partial charge >= 0.3 is 0 Å². The summed E-state index contributed by atoms with van der Waals surface area (Å²) in [5, 5.41) is 11.9. The second-order valence-electron chi connectivity index (χ2n) is 4.53. The van der Waals surface area contributed by atoms with E-state index in [0.29, 0.717) is 5.75 Å². The average molecular weight is 285 g/mol. The van der Waals surface area contributed by atoms with Crippen LogP contribution in [0.5, 0.6) is 5.75 Å². The summed E-state index contributed by atoms with van der Waals surface area (Å²) in [5.74, 6) is 2.58. The number of fused-ring (bicyclic) bond motifs is 1. The Balaban J connectivity index is 0.00000120. The Labute approximate surface area is 113 Å². The molecule has 0 spiro atoms. The van der Waals surface area contributed by atoms with Crippen LogP contribution in [0.25, 0.3) is 10.8 Å². The van der Waals surface area contributed by atoms with Gasteiger partial charge in [-0.15, -0.1) is 9.24 Å². The highest BCUT2D eigenvalue weighted by Crippen LogP contribution is 2.66. The van der Waals surface area contributed by atoms with Crippen molar-refractivity contribution in [3.8, 4) is 5.75 Å². The molecule has 2 nitrogen and oxygen atoms in total. The third-order valence-corrected chi connectivity index (χ3v) is 7.88. The summed E-state index contributed by atoms with van der Waals surface area (Å²) in [6, 6.07) is 11.8. The normalized spacial score (nSPS) is 19.4. The summed E-state index contributed by atoms with van der Waals surface area (Å²) in [4.78, 5) is 1.25. The van der Waals surface area contributed by atoms with E-state index in [0.717, 1.165) is 22.3 Å². The maximum Gasteiger partial charge on any atom is 0.123 e. The molecule has 98 valence electrons.